The van der Waals surface area contributed by atoms with Gasteiger partial charge < -0.3 is 9.88 Å². The summed E-state index contributed by atoms with van der Waals surface area (Å²) in [6.45, 7) is 7.86. The molecular formula is C12H19N3O. The molecule has 0 aliphatic heterocycles. The molecule has 1 aromatic rings. The van der Waals surface area contributed by atoms with Crippen LogP contribution < -0.4 is 10.5 Å². The molecule has 1 N–H and O–H groups in total. The summed E-state index contributed by atoms with van der Waals surface area (Å²) in [7, 11) is 3.68. The van der Waals surface area contributed by atoms with Gasteiger partial charge in [0, 0.05) is 14.1 Å². The molecule has 4 heteroatoms. The van der Waals surface area contributed by atoms with Crippen molar-refractivity contribution in [2.45, 2.75) is 26.7 Å². The van der Waals surface area contributed by atoms with Crippen LogP contribution in [0.4, 0.5) is 5.69 Å². The van der Waals surface area contributed by atoms with Gasteiger partial charge in [0.1, 0.15) is 11.5 Å². The van der Waals surface area contributed by atoms with Crippen LogP contribution in [0.5, 0.6) is 0 Å². The molecule has 4 nitrogen and oxygen atoms in total. The summed E-state index contributed by atoms with van der Waals surface area (Å²) >= 11 is 0. The molecule has 0 spiro atoms. The highest BCUT2D eigenvalue weighted by molar-refractivity contribution is 5.71. The standard InChI is InChI=1S/C12H19N3O/c1-6-7-8(2)10-11(15(4)5)12(16)14-9(3)13-10/h2,6-7H2,1,3-5H3,(H,13,14,16). The lowest BCUT2D eigenvalue weighted by Crippen LogP contribution is -2.24. The van der Waals surface area contributed by atoms with E-state index < -0.39 is 0 Å². The molecule has 16 heavy (non-hydrogen) atoms. The minimum absolute atomic E-state index is 0.107. The highest BCUT2D eigenvalue weighted by Crippen LogP contribution is 2.22. The lowest BCUT2D eigenvalue weighted by molar-refractivity contribution is 0.930. The fourth-order valence-electron chi connectivity index (χ4n) is 1.66. The van der Waals surface area contributed by atoms with E-state index in [4.69, 9.17) is 0 Å². The van der Waals surface area contributed by atoms with Crippen molar-refractivity contribution in [3.8, 4) is 0 Å². The third kappa shape index (κ3) is 2.51. The number of hydrogen-bond acceptors (Lipinski definition) is 3. The van der Waals surface area contributed by atoms with Crippen molar-refractivity contribution >= 4 is 11.3 Å². The summed E-state index contributed by atoms with van der Waals surface area (Å²) in [6, 6.07) is 0. The Bertz CT molecular complexity index is 446. The summed E-state index contributed by atoms with van der Waals surface area (Å²) in [5, 5.41) is 0. The number of rotatable bonds is 4. The normalized spacial score (nSPS) is 10.2. The first-order chi connectivity index (χ1) is 7.47. The van der Waals surface area contributed by atoms with Crippen LogP contribution in [0.1, 0.15) is 31.3 Å². The zero-order valence-electron chi connectivity index (χ0n) is 10.4. The second kappa shape index (κ2) is 4.96. The number of H-pyrrole nitrogens is 1. The maximum Gasteiger partial charge on any atom is 0.275 e. The maximum absolute atomic E-state index is 11.8. The molecule has 88 valence electrons. The Hall–Kier alpha value is -1.58. The minimum atomic E-state index is -0.107. The Morgan fingerprint density at radius 3 is 2.62 bits per heavy atom. The first-order valence-electron chi connectivity index (χ1n) is 5.43. The van der Waals surface area contributed by atoms with Crippen molar-refractivity contribution < 1.29 is 0 Å². The van der Waals surface area contributed by atoms with Gasteiger partial charge in [-0.1, -0.05) is 19.9 Å². The number of nitrogens with one attached hydrogen (secondary N) is 1. The Labute approximate surface area is 96.0 Å². The van der Waals surface area contributed by atoms with Crippen molar-refractivity contribution in [3.63, 3.8) is 0 Å². The van der Waals surface area contributed by atoms with E-state index in [-0.39, 0.29) is 5.56 Å². The molecule has 1 aromatic heterocycles. The molecule has 0 radical (unpaired) electrons. The average molecular weight is 221 g/mol. The summed E-state index contributed by atoms with van der Waals surface area (Å²) < 4.78 is 0. The molecule has 1 rings (SSSR count). The van der Waals surface area contributed by atoms with Gasteiger partial charge in [-0.3, -0.25) is 4.79 Å². The van der Waals surface area contributed by atoms with Crippen LogP contribution in [-0.2, 0) is 0 Å². The molecule has 0 saturated carbocycles. The first kappa shape index (κ1) is 12.5. The maximum atomic E-state index is 11.8. The number of aryl methyl sites for hydroxylation is 1. The van der Waals surface area contributed by atoms with Crippen LogP contribution in [0.25, 0.3) is 5.57 Å². The van der Waals surface area contributed by atoms with Gasteiger partial charge in [0.05, 0.1) is 5.69 Å². The molecule has 0 saturated heterocycles. The van der Waals surface area contributed by atoms with E-state index in [1.54, 1.807) is 11.8 Å². The zero-order chi connectivity index (χ0) is 12.3. The second-order valence-corrected chi connectivity index (χ2v) is 4.10. The smallest absolute Gasteiger partial charge is 0.275 e. The van der Waals surface area contributed by atoms with Gasteiger partial charge in [0.2, 0.25) is 0 Å². The number of aromatic amines is 1. The highest BCUT2D eigenvalue weighted by Gasteiger charge is 2.14. The van der Waals surface area contributed by atoms with Crippen molar-refractivity contribution in [3.05, 3.63) is 28.5 Å². The van der Waals surface area contributed by atoms with Crippen molar-refractivity contribution in [1.29, 1.82) is 0 Å². The van der Waals surface area contributed by atoms with Gasteiger partial charge in [-0.05, 0) is 18.9 Å². The van der Waals surface area contributed by atoms with E-state index in [0.717, 1.165) is 18.4 Å². The van der Waals surface area contributed by atoms with Crippen LogP contribution in [-0.4, -0.2) is 24.1 Å². The molecule has 0 unspecified atom stereocenters. The van der Waals surface area contributed by atoms with Crippen LogP contribution in [0.2, 0.25) is 0 Å². The molecule has 0 aliphatic rings. The van der Waals surface area contributed by atoms with Gasteiger partial charge in [0.25, 0.3) is 5.56 Å². The monoisotopic (exact) mass is 221 g/mol. The lowest BCUT2D eigenvalue weighted by atomic mass is 10.1. The van der Waals surface area contributed by atoms with E-state index in [2.05, 4.69) is 23.5 Å². The molecule has 0 amide bonds. The summed E-state index contributed by atoms with van der Waals surface area (Å²) in [4.78, 5) is 20.7. The fraction of sp³-hybridized carbons (Fsp3) is 0.500. The SMILES string of the molecule is C=C(CCC)c1nc(C)[nH]c(=O)c1N(C)C. The lowest BCUT2D eigenvalue weighted by Gasteiger charge is -2.16. The first-order valence-corrected chi connectivity index (χ1v) is 5.43. The fourth-order valence-corrected chi connectivity index (χ4v) is 1.66. The van der Waals surface area contributed by atoms with Gasteiger partial charge in [-0.15, -0.1) is 0 Å². The quantitative estimate of drug-likeness (QED) is 0.845. The summed E-state index contributed by atoms with van der Waals surface area (Å²) in [5.41, 5.74) is 2.11. The average Bonchev–Trinajstić information content (AvgIpc) is 2.15. The Kier molecular flexibility index (Phi) is 3.88. The predicted molar refractivity (Wildman–Crippen MR) is 67.9 cm³/mol. The third-order valence-corrected chi connectivity index (χ3v) is 2.35. The number of nitrogens with zero attached hydrogens (tertiary/aromatic N) is 2. The Morgan fingerprint density at radius 2 is 2.12 bits per heavy atom. The molecule has 0 fully saturated rings. The van der Waals surface area contributed by atoms with E-state index in [0.29, 0.717) is 17.2 Å². The van der Waals surface area contributed by atoms with Crippen LogP contribution in [0, 0.1) is 6.92 Å². The zero-order valence-corrected chi connectivity index (χ0v) is 10.4. The summed E-state index contributed by atoms with van der Waals surface area (Å²) in [6.07, 6.45) is 1.86. The van der Waals surface area contributed by atoms with Gasteiger partial charge in [-0.2, -0.15) is 0 Å². The molecule has 0 atom stereocenters. The summed E-state index contributed by atoms with van der Waals surface area (Å²) in [5.74, 6) is 0.628. The van der Waals surface area contributed by atoms with E-state index in [1.165, 1.54) is 0 Å². The molecule has 1 heterocycles. The third-order valence-electron chi connectivity index (χ3n) is 2.35. The van der Waals surface area contributed by atoms with E-state index in [1.807, 2.05) is 14.1 Å². The van der Waals surface area contributed by atoms with Gasteiger partial charge >= 0.3 is 0 Å². The second-order valence-electron chi connectivity index (χ2n) is 4.10. The molecular weight excluding hydrogens is 202 g/mol. The van der Waals surface area contributed by atoms with Crippen molar-refractivity contribution in [2.75, 3.05) is 19.0 Å². The van der Waals surface area contributed by atoms with Crippen LogP contribution >= 0.6 is 0 Å². The largest absolute Gasteiger partial charge is 0.371 e. The predicted octanol–water partition coefficient (Wildman–Crippen LogP) is 1.96. The molecule has 0 aliphatic carbocycles. The topological polar surface area (TPSA) is 49.0 Å². The Balaban J connectivity index is 3.35. The minimum Gasteiger partial charge on any atom is -0.371 e. The van der Waals surface area contributed by atoms with Crippen molar-refractivity contribution in [1.82, 2.24) is 9.97 Å². The van der Waals surface area contributed by atoms with Gasteiger partial charge in [0.15, 0.2) is 0 Å². The molecule has 0 bridgehead atoms. The number of aromatic nitrogens is 2. The Morgan fingerprint density at radius 1 is 1.50 bits per heavy atom. The van der Waals surface area contributed by atoms with Gasteiger partial charge in [-0.25, -0.2) is 4.98 Å². The number of hydrogen-bond donors (Lipinski definition) is 1. The van der Waals surface area contributed by atoms with Crippen LogP contribution in [0.15, 0.2) is 11.4 Å². The van der Waals surface area contributed by atoms with Crippen molar-refractivity contribution in [2.24, 2.45) is 0 Å². The molecule has 0 aromatic carbocycles. The van der Waals surface area contributed by atoms with Crippen LogP contribution in [0.3, 0.4) is 0 Å². The number of anilines is 1. The van der Waals surface area contributed by atoms with E-state index in [9.17, 15) is 4.79 Å². The highest BCUT2D eigenvalue weighted by atomic mass is 16.1. The number of allylic oxidation sites excluding steroid dienone is 1. The van der Waals surface area contributed by atoms with E-state index >= 15 is 0 Å².